The third kappa shape index (κ3) is 3.10. The van der Waals surface area contributed by atoms with Gasteiger partial charge in [0, 0.05) is 5.69 Å². The van der Waals surface area contributed by atoms with Crippen molar-refractivity contribution in [2.75, 3.05) is 18.8 Å². The normalized spacial score (nSPS) is 9.12. The number of hydrogen-bond acceptors (Lipinski definition) is 4. The highest BCUT2D eigenvalue weighted by atomic mass is 35.5. The third-order valence-electron chi connectivity index (χ3n) is 2.03. The SMILES string of the molecule is N#CCN(CC#N)C(=O)c1ccc(N)cc1Cl. The fourth-order valence-corrected chi connectivity index (χ4v) is 1.52. The number of carbonyl (C=O) groups excluding carboxylic acids is 1. The molecule has 0 heterocycles. The van der Waals surface area contributed by atoms with Gasteiger partial charge in [-0.25, -0.2) is 0 Å². The van der Waals surface area contributed by atoms with E-state index in [0.717, 1.165) is 4.90 Å². The molecular formula is C11H9ClN4O. The molecular weight excluding hydrogens is 240 g/mol. The summed E-state index contributed by atoms with van der Waals surface area (Å²) in [5, 5.41) is 17.3. The van der Waals surface area contributed by atoms with Gasteiger partial charge in [-0.1, -0.05) is 11.6 Å². The first kappa shape index (κ1) is 12.8. The van der Waals surface area contributed by atoms with E-state index >= 15 is 0 Å². The highest BCUT2D eigenvalue weighted by Crippen LogP contribution is 2.20. The Morgan fingerprint density at radius 3 is 2.41 bits per heavy atom. The van der Waals surface area contributed by atoms with Crippen molar-refractivity contribution in [3.8, 4) is 12.1 Å². The summed E-state index contributed by atoms with van der Waals surface area (Å²) in [6.07, 6.45) is 0. The van der Waals surface area contributed by atoms with Crippen molar-refractivity contribution in [2.45, 2.75) is 0 Å². The number of halogens is 1. The molecule has 0 bridgehead atoms. The van der Waals surface area contributed by atoms with Crippen LogP contribution in [0, 0.1) is 22.7 Å². The zero-order valence-corrected chi connectivity index (χ0v) is 9.61. The lowest BCUT2D eigenvalue weighted by Crippen LogP contribution is -2.32. The zero-order chi connectivity index (χ0) is 12.8. The van der Waals surface area contributed by atoms with E-state index in [1.807, 2.05) is 12.1 Å². The second-order valence-corrected chi connectivity index (χ2v) is 3.62. The molecule has 1 rings (SSSR count). The average molecular weight is 249 g/mol. The predicted octanol–water partition coefficient (Wildman–Crippen LogP) is 1.41. The van der Waals surface area contributed by atoms with Crippen LogP contribution in [0.25, 0.3) is 0 Å². The quantitative estimate of drug-likeness (QED) is 0.646. The summed E-state index contributed by atoms with van der Waals surface area (Å²) in [7, 11) is 0. The number of anilines is 1. The second-order valence-electron chi connectivity index (χ2n) is 3.22. The molecule has 17 heavy (non-hydrogen) atoms. The van der Waals surface area contributed by atoms with E-state index in [1.54, 1.807) is 0 Å². The fourth-order valence-electron chi connectivity index (χ4n) is 1.25. The number of hydrogen-bond donors (Lipinski definition) is 1. The average Bonchev–Trinajstić information content (AvgIpc) is 2.28. The summed E-state index contributed by atoms with van der Waals surface area (Å²) in [5.41, 5.74) is 6.18. The van der Waals surface area contributed by atoms with Gasteiger partial charge in [0.05, 0.1) is 22.7 Å². The van der Waals surface area contributed by atoms with E-state index < -0.39 is 5.91 Å². The van der Waals surface area contributed by atoms with E-state index in [2.05, 4.69) is 0 Å². The van der Waals surface area contributed by atoms with Gasteiger partial charge in [0.1, 0.15) is 13.1 Å². The standard InChI is InChI=1S/C11H9ClN4O/c12-10-7-8(15)1-2-9(10)11(17)16(5-3-13)6-4-14/h1-2,7H,5-6,15H2. The lowest BCUT2D eigenvalue weighted by molar-refractivity contribution is 0.0795. The molecule has 86 valence electrons. The molecule has 0 atom stereocenters. The summed E-state index contributed by atoms with van der Waals surface area (Å²) < 4.78 is 0. The minimum atomic E-state index is -0.460. The van der Waals surface area contributed by atoms with Crippen LogP contribution in [0.2, 0.25) is 5.02 Å². The van der Waals surface area contributed by atoms with Crippen LogP contribution in [0.5, 0.6) is 0 Å². The van der Waals surface area contributed by atoms with Gasteiger partial charge < -0.3 is 10.6 Å². The Labute approximate surface area is 104 Å². The topological polar surface area (TPSA) is 93.9 Å². The number of rotatable bonds is 3. The minimum absolute atomic E-state index is 0.160. The zero-order valence-electron chi connectivity index (χ0n) is 8.85. The first-order valence-corrected chi connectivity index (χ1v) is 5.06. The van der Waals surface area contributed by atoms with Crippen LogP contribution < -0.4 is 5.73 Å². The highest BCUT2D eigenvalue weighted by Gasteiger charge is 2.17. The summed E-state index contributed by atoms with van der Waals surface area (Å²) >= 11 is 5.88. The van der Waals surface area contributed by atoms with Crippen molar-refractivity contribution in [2.24, 2.45) is 0 Å². The lowest BCUT2D eigenvalue weighted by Gasteiger charge is -2.16. The Morgan fingerprint density at radius 2 is 1.94 bits per heavy atom. The number of nitrogens with zero attached hydrogens (tertiary/aromatic N) is 3. The Morgan fingerprint density at radius 1 is 1.35 bits per heavy atom. The van der Waals surface area contributed by atoms with Gasteiger partial charge in [-0.15, -0.1) is 0 Å². The molecule has 0 aromatic heterocycles. The highest BCUT2D eigenvalue weighted by molar-refractivity contribution is 6.34. The van der Waals surface area contributed by atoms with Crippen LogP contribution in [0.3, 0.4) is 0 Å². The third-order valence-corrected chi connectivity index (χ3v) is 2.35. The van der Waals surface area contributed by atoms with Crippen LogP contribution in [0.4, 0.5) is 5.69 Å². The van der Waals surface area contributed by atoms with Crippen molar-refractivity contribution >= 4 is 23.2 Å². The van der Waals surface area contributed by atoms with Crippen molar-refractivity contribution < 1.29 is 4.79 Å². The molecule has 6 heteroatoms. The maximum atomic E-state index is 12.0. The molecule has 0 saturated heterocycles. The molecule has 0 unspecified atom stereocenters. The van der Waals surface area contributed by atoms with E-state index in [-0.39, 0.29) is 23.7 Å². The molecule has 0 aliphatic heterocycles. The number of benzene rings is 1. The van der Waals surface area contributed by atoms with E-state index in [1.165, 1.54) is 18.2 Å². The number of amides is 1. The Bertz CT molecular complexity index is 499. The van der Waals surface area contributed by atoms with E-state index in [9.17, 15) is 4.79 Å². The number of nitriles is 2. The molecule has 0 saturated carbocycles. The van der Waals surface area contributed by atoms with Gasteiger partial charge in [0.2, 0.25) is 0 Å². The maximum absolute atomic E-state index is 12.0. The number of nitrogens with two attached hydrogens (primary N) is 1. The van der Waals surface area contributed by atoms with Gasteiger partial charge >= 0.3 is 0 Å². The summed E-state index contributed by atoms with van der Waals surface area (Å²) in [5.74, 6) is -0.460. The van der Waals surface area contributed by atoms with Gasteiger partial charge in [0.15, 0.2) is 0 Å². The van der Waals surface area contributed by atoms with Crippen molar-refractivity contribution in [3.05, 3.63) is 28.8 Å². The summed E-state index contributed by atoms with van der Waals surface area (Å²) in [6.45, 7) is -0.319. The molecule has 1 aromatic rings. The number of carbonyl (C=O) groups is 1. The summed E-state index contributed by atoms with van der Waals surface area (Å²) in [4.78, 5) is 13.1. The van der Waals surface area contributed by atoms with E-state index in [4.69, 9.17) is 27.9 Å². The monoisotopic (exact) mass is 248 g/mol. The molecule has 0 radical (unpaired) electrons. The van der Waals surface area contributed by atoms with Crippen molar-refractivity contribution in [1.29, 1.82) is 10.5 Å². The fraction of sp³-hybridized carbons (Fsp3) is 0.182. The first-order valence-electron chi connectivity index (χ1n) is 4.68. The molecule has 1 aromatic carbocycles. The molecule has 0 fully saturated rings. The Kier molecular flexibility index (Phi) is 4.33. The van der Waals surface area contributed by atoms with Gasteiger partial charge in [-0.2, -0.15) is 10.5 Å². The van der Waals surface area contributed by atoms with Crippen LogP contribution >= 0.6 is 11.6 Å². The molecule has 0 aliphatic rings. The van der Waals surface area contributed by atoms with Crippen LogP contribution in [-0.4, -0.2) is 23.9 Å². The minimum Gasteiger partial charge on any atom is -0.399 e. The largest absolute Gasteiger partial charge is 0.399 e. The molecule has 0 spiro atoms. The van der Waals surface area contributed by atoms with Crippen molar-refractivity contribution in [3.63, 3.8) is 0 Å². The van der Waals surface area contributed by atoms with Gasteiger partial charge in [-0.3, -0.25) is 4.79 Å². The molecule has 2 N–H and O–H groups in total. The van der Waals surface area contributed by atoms with Gasteiger partial charge in [0.25, 0.3) is 5.91 Å². The second kappa shape index (κ2) is 5.74. The Balaban J connectivity index is 3.02. The van der Waals surface area contributed by atoms with Crippen LogP contribution in [-0.2, 0) is 0 Å². The Hall–Kier alpha value is -2.24. The molecule has 1 amide bonds. The first-order chi connectivity index (χ1) is 8.10. The van der Waals surface area contributed by atoms with Crippen LogP contribution in [0.1, 0.15) is 10.4 Å². The summed E-state index contributed by atoms with van der Waals surface area (Å²) in [6, 6.07) is 8.10. The lowest BCUT2D eigenvalue weighted by atomic mass is 10.2. The van der Waals surface area contributed by atoms with Crippen molar-refractivity contribution in [1.82, 2.24) is 4.90 Å². The van der Waals surface area contributed by atoms with Crippen LogP contribution in [0.15, 0.2) is 18.2 Å². The maximum Gasteiger partial charge on any atom is 0.257 e. The molecule has 0 aliphatic carbocycles. The smallest absolute Gasteiger partial charge is 0.257 e. The van der Waals surface area contributed by atoms with Gasteiger partial charge in [-0.05, 0) is 18.2 Å². The molecule has 5 nitrogen and oxygen atoms in total. The number of nitrogen functional groups attached to an aromatic ring is 1. The van der Waals surface area contributed by atoms with E-state index in [0.29, 0.717) is 5.69 Å². The predicted molar refractivity (Wildman–Crippen MR) is 63.0 cm³/mol.